The van der Waals surface area contributed by atoms with Crippen LogP contribution < -0.4 is 4.57 Å². The summed E-state index contributed by atoms with van der Waals surface area (Å²) >= 11 is 0. The number of hydrogen-bond acceptors (Lipinski definition) is 0. The van der Waals surface area contributed by atoms with Crippen LogP contribution in [0.1, 0.15) is 17.2 Å². The third kappa shape index (κ3) is 4.49. The molecule has 1 heterocycles. The van der Waals surface area contributed by atoms with Crippen molar-refractivity contribution in [2.24, 2.45) is 0 Å². The SMILES string of the molecule is c1ccc(-c2ccc(C(c3ccccc3)[n+]3ccn(-c4ccc(-c5ccccc5)cc4)c3)cc2)cc1. The second-order valence-corrected chi connectivity index (χ2v) is 8.98. The molecule has 0 aliphatic heterocycles. The third-order valence-corrected chi connectivity index (χ3v) is 6.68. The molecule has 0 aliphatic rings. The van der Waals surface area contributed by atoms with Crippen LogP contribution in [0.3, 0.4) is 0 Å². The molecule has 0 fully saturated rings. The van der Waals surface area contributed by atoms with Crippen LogP contribution in [-0.4, -0.2) is 4.57 Å². The summed E-state index contributed by atoms with van der Waals surface area (Å²) in [7, 11) is 0. The van der Waals surface area contributed by atoms with Crippen LogP contribution in [-0.2, 0) is 0 Å². The standard InChI is InChI=1S/C34H27N2/c1-4-10-27(11-5-1)29-16-18-32(19-17-29)34(31-14-8-3-9-15-31)36-25-24-35(26-36)33-22-20-30(21-23-33)28-12-6-2-7-13-28/h1-26,34H/q+1. The number of aromatic nitrogens is 2. The molecule has 0 radical (unpaired) electrons. The summed E-state index contributed by atoms with van der Waals surface area (Å²) in [6, 6.07) is 49.5. The molecule has 1 unspecified atom stereocenters. The number of benzene rings is 5. The fourth-order valence-corrected chi connectivity index (χ4v) is 4.79. The van der Waals surface area contributed by atoms with Gasteiger partial charge in [-0.05, 0) is 34.4 Å². The fourth-order valence-electron chi connectivity index (χ4n) is 4.79. The van der Waals surface area contributed by atoms with Crippen molar-refractivity contribution in [3.63, 3.8) is 0 Å². The molecule has 5 aromatic carbocycles. The van der Waals surface area contributed by atoms with Crippen molar-refractivity contribution in [2.45, 2.75) is 6.04 Å². The maximum Gasteiger partial charge on any atom is 0.249 e. The van der Waals surface area contributed by atoms with Crippen molar-refractivity contribution in [3.8, 4) is 27.9 Å². The van der Waals surface area contributed by atoms with Crippen LogP contribution in [0.15, 0.2) is 158 Å². The highest BCUT2D eigenvalue weighted by Crippen LogP contribution is 2.26. The fraction of sp³-hybridized carbons (Fsp3) is 0.0294. The van der Waals surface area contributed by atoms with Crippen LogP contribution in [0, 0.1) is 0 Å². The highest BCUT2D eigenvalue weighted by atomic mass is 15.1. The van der Waals surface area contributed by atoms with Crippen molar-refractivity contribution >= 4 is 0 Å². The lowest BCUT2D eigenvalue weighted by atomic mass is 9.96. The smallest absolute Gasteiger partial charge is 0.225 e. The molecule has 2 heteroatoms. The number of imidazole rings is 1. The minimum Gasteiger partial charge on any atom is -0.225 e. The van der Waals surface area contributed by atoms with E-state index in [1.54, 1.807) is 0 Å². The molecule has 36 heavy (non-hydrogen) atoms. The lowest BCUT2D eigenvalue weighted by molar-refractivity contribution is -0.704. The zero-order chi connectivity index (χ0) is 24.2. The van der Waals surface area contributed by atoms with Gasteiger partial charge in [0.05, 0.1) is 0 Å². The van der Waals surface area contributed by atoms with Crippen LogP contribution in [0.25, 0.3) is 27.9 Å². The lowest BCUT2D eigenvalue weighted by Gasteiger charge is -2.15. The molecule has 0 aliphatic carbocycles. The largest absolute Gasteiger partial charge is 0.249 e. The van der Waals surface area contributed by atoms with Crippen molar-refractivity contribution in [2.75, 3.05) is 0 Å². The molecule has 0 spiro atoms. The predicted molar refractivity (Wildman–Crippen MR) is 147 cm³/mol. The Balaban J connectivity index is 1.33. The monoisotopic (exact) mass is 463 g/mol. The van der Waals surface area contributed by atoms with E-state index in [-0.39, 0.29) is 6.04 Å². The van der Waals surface area contributed by atoms with Crippen molar-refractivity contribution < 1.29 is 4.57 Å². The molecule has 1 atom stereocenters. The minimum absolute atomic E-state index is 0.0841. The Hall–Kier alpha value is -4.69. The van der Waals surface area contributed by atoms with Gasteiger partial charge in [0.2, 0.25) is 6.33 Å². The van der Waals surface area contributed by atoms with E-state index in [4.69, 9.17) is 0 Å². The predicted octanol–water partition coefficient (Wildman–Crippen LogP) is 7.74. The second-order valence-electron chi connectivity index (χ2n) is 8.98. The van der Waals surface area contributed by atoms with Gasteiger partial charge in [-0.3, -0.25) is 0 Å². The van der Waals surface area contributed by atoms with Gasteiger partial charge in [0, 0.05) is 11.1 Å². The Labute approximate surface area is 212 Å². The van der Waals surface area contributed by atoms with E-state index in [1.165, 1.54) is 33.4 Å². The normalized spacial score (nSPS) is 11.8. The van der Waals surface area contributed by atoms with E-state index in [0.717, 1.165) is 5.69 Å². The van der Waals surface area contributed by atoms with Gasteiger partial charge in [0.15, 0.2) is 6.04 Å². The minimum atomic E-state index is 0.0841. The first-order chi connectivity index (χ1) is 17.8. The van der Waals surface area contributed by atoms with Gasteiger partial charge in [-0.15, -0.1) is 0 Å². The van der Waals surface area contributed by atoms with Crippen LogP contribution >= 0.6 is 0 Å². The van der Waals surface area contributed by atoms with Gasteiger partial charge < -0.3 is 0 Å². The molecular formula is C34H27N2+. The Morgan fingerprint density at radius 1 is 0.444 bits per heavy atom. The molecule has 0 saturated heterocycles. The first kappa shape index (κ1) is 21.8. The van der Waals surface area contributed by atoms with E-state index >= 15 is 0 Å². The Bertz CT molecular complexity index is 1530. The zero-order valence-corrected chi connectivity index (χ0v) is 20.0. The average molecular weight is 464 g/mol. The maximum absolute atomic E-state index is 2.29. The van der Waals surface area contributed by atoms with Crippen LogP contribution in [0.2, 0.25) is 0 Å². The molecule has 172 valence electrons. The van der Waals surface area contributed by atoms with Crippen molar-refractivity contribution in [3.05, 3.63) is 169 Å². The molecule has 0 bridgehead atoms. The van der Waals surface area contributed by atoms with E-state index in [1.807, 2.05) is 0 Å². The quantitative estimate of drug-likeness (QED) is 0.223. The first-order valence-electron chi connectivity index (χ1n) is 12.3. The summed E-state index contributed by atoms with van der Waals surface area (Å²) in [6.07, 6.45) is 6.47. The van der Waals surface area contributed by atoms with E-state index in [0.29, 0.717) is 0 Å². The topological polar surface area (TPSA) is 8.81 Å². The molecule has 6 aromatic rings. The number of nitrogens with zero attached hydrogens (tertiary/aromatic N) is 2. The Morgan fingerprint density at radius 3 is 1.44 bits per heavy atom. The molecule has 0 N–H and O–H groups in total. The molecule has 2 nitrogen and oxygen atoms in total. The zero-order valence-electron chi connectivity index (χ0n) is 20.0. The second kappa shape index (κ2) is 9.89. The Morgan fingerprint density at radius 2 is 0.889 bits per heavy atom. The van der Waals surface area contributed by atoms with Gasteiger partial charge in [-0.2, -0.15) is 0 Å². The van der Waals surface area contributed by atoms with Crippen molar-refractivity contribution in [1.29, 1.82) is 0 Å². The lowest BCUT2D eigenvalue weighted by Crippen LogP contribution is -2.38. The first-order valence-corrected chi connectivity index (χ1v) is 12.3. The van der Waals surface area contributed by atoms with Crippen molar-refractivity contribution in [1.82, 2.24) is 4.57 Å². The van der Waals surface area contributed by atoms with Gasteiger partial charge in [0.25, 0.3) is 0 Å². The van der Waals surface area contributed by atoms with E-state index in [9.17, 15) is 0 Å². The summed E-state index contributed by atoms with van der Waals surface area (Å²) in [5, 5.41) is 0. The molecule has 0 amide bonds. The summed E-state index contributed by atoms with van der Waals surface area (Å²) < 4.78 is 4.47. The summed E-state index contributed by atoms with van der Waals surface area (Å²) in [5.74, 6) is 0. The summed E-state index contributed by atoms with van der Waals surface area (Å²) in [4.78, 5) is 0. The third-order valence-electron chi connectivity index (χ3n) is 6.68. The van der Waals surface area contributed by atoms with Gasteiger partial charge in [0.1, 0.15) is 18.1 Å². The highest BCUT2D eigenvalue weighted by molar-refractivity contribution is 5.65. The van der Waals surface area contributed by atoms with E-state index < -0.39 is 0 Å². The average Bonchev–Trinajstić information content (AvgIpc) is 3.45. The van der Waals surface area contributed by atoms with Gasteiger partial charge in [-0.1, -0.05) is 127 Å². The summed E-state index contributed by atoms with van der Waals surface area (Å²) in [5.41, 5.74) is 8.56. The molecule has 1 aromatic heterocycles. The van der Waals surface area contributed by atoms with Crippen LogP contribution in [0.4, 0.5) is 0 Å². The van der Waals surface area contributed by atoms with Gasteiger partial charge in [-0.25, -0.2) is 9.13 Å². The number of hydrogen-bond donors (Lipinski definition) is 0. The molecular weight excluding hydrogens is 436 g/mol. The number of rotatable bonds is 6. The molecule has 0 saturated carbocycles. The Kier molecular flexibility index (Phi) is 5.99. The summed E-state index contributed by atoms with van der Waals surface area (Å²) in [6.45, 7) is 0. The molecule has 6 rings (SSSR count). The van der Waals surface area contributed by atoms with E-state index in [2.05, 4.69) is 167 Å². The van der Waals surface area contributed by atoms with Crippen LogP contribution in [0.5, 0.6) is 0 Å². The van der Waals surface area contributed by atoms with Gasteiger partial charge >= 0.3 is 0 Å². The maximum atomic E-state index is 2.29. The highest BCUT2D eigenvalue weighted by Gasteiger charge is 2.22.